The molecule has 1 aliphatic heterocycles. The van der Waals surface area contributed by atoms with E-state index in [0.29, 0.717) is 24.7 Å². The molecule has 2 rings (SSSR count). The summed E-state index contributed by atoms with van der Waals surface area (Å²) in [5.41, 5.74) is 6.84. The topological polar surface area (TPSA) is 72.6 Å². The summed E-state index contributed by atoms with van der Waals surface area (Å²) >= 11 is 0. The molecule has 1 aromatic carbocycles. The van der Waals surface area contributed by atoms with Crippen LogP contribution in [0.4, 0.5) is 0 Å². The number of hydrogen-bond donors (Lipinski definition) is 1. The third kappa shape index (κ3) is 3.03. The third-order valence-electron chi connectivity index (χ3n) is 3.64. The highest BCUT2D eigenvalue weighted by Gasteiger charge is 2.31. The quantitative estimate of drug-likeness (QED) is 0.914. The first-order chi connectivity index (χ1) is 9.46. The predicted octanol–water partition coefficient (Wildman–Crippen LogP) is 1.51. The number of sulfonamides is 1. The van der Waals surface area contributed by atoms with E-state index < -0.39 is 10.0 Å². The summed E-state index contributed by atoms with van der Waals surface area (Å²) < 4.78 is 32.2. The molecule has 0 aromatic heterocycles. The second-order valence-corrected chi connectivity index (χ2v) is 7.02. The van der Waals surface area contributed by atoms with E-state index in [2.05, 4.69) is 0 Å². The molecule has 0 aliphatic carbocycles. The van der Waals surface area contributed by atoms with Crippen LogP contribution in [0.5, 0.6) is 0 Å². The Hall–Kier alpha value is -0.950. The van der Waals surface area contributed by atoms with Crippen molar-refractivity contribution in [1.29, 1.82) is 0 Å². The van der Waals surface area contributed by atoms with Crippen molar-refractivity contribution in [3.63, 3.8) is 0 Å². The summed E-state index contributed by atoms with van der Waals surface area (Å²) in [7, 11) is -3.48. The summed E-state index contributed by atoms with van der Waals surface area (Å²) in [5.74, 6) is 0. The monoisotopic (exact) mass is 298 g/mol. The fraction of sp³-hybridized carbons (Fsp3) is 0.571. The molecule has 5 nitrogen and oxygen atoms in total. The summed E-state index contributed by atoms with van der Waals surface area (Å²) in [6, 6.07) is 6.66. The highest BCUT2D eigenvalue weighted by Crippen LogP contribution is 2.23. The van der Waals surface area contributed by atoms with Crippen LogP contribution in [0.3, 0.4) is 0 Å². The predicted molar refractivity (Wildman–Crippen MR) is 77.8 cm³/mol. The minimum atomic E-state index is -3.48. The van der Waals surface area contributed by atoms with Crippen molar-refractivity contribution in [3.05, 3.63) is 29.8 Å². The van der Waals surface area contributed by atoms with Gasteiger partial charge < -0.3 is 10.5 Å². The van der Waals surface area contributed by atoms with Gasteiger partial charge in [-0.25, -0.2) is 8.42 Å². The summed E-state index contributed by atoms with van der Waals surface area (Å²) in [5, 5.41) is 0. The molecule has 1 heterocycles. The molecule has 1 aliphatic rings. The molecule has 2 atom stereocenters. The molecular formula is C14H22N2O3S. The number of nitrogens with zero attached hydrogens (tertiary/aromatic N) is 1. The first-order valence-corrected chi connectivity index (χ1v) is 8.36. The lowest BCUT2D eigenvalue weighted by Gasteiger charge is -2.32. The fourth-order valence-corrected chi connectivity index (χ4v) is 4.00. The number of rotatable bonds is 4. The maximum atomic E-state index is 12.7. The Bertz CT molecular complexity index is 559. The maximum Gasteiger partial charge on any atom is 0.243 e. The van der Waals surface area contributed by atoms with E-state index in [1.54, 1.807) is 18.2 Å². The largest absolute Gasteiger partial charge is 0.378 e. The molecule has 2 unspecified atom stereocenters. The van der Waals surface area contributed by atoms with Crippen LogP contribution >= 0.6 is 0 Å². The summed E-state index contributed by atoms with van der Waals surface area (Å²) in [4.78, 5) is 0.313. The van der Waals surface area contributed by atoms with Crippen molar-refractivity contribution in [2.24, 2.45) is 5.73 Å². The van der Waals surface area contributed by atoms with Crippen LogP contribution in [0.25, 0.3) is 0 Å². The van der Waals surface area contributed by atoms with Crippen LogP contribution in [-0.2, 0) is 14.8 Å². The van der Waals surface area contributed by atoms with E-state index in [1.165, 1.54) is 4.31 Å². The normalized spacial score (nSPS) is 22.6. The van der Waals surface area contributed by atoms with Gasteiger partial charge in [0.2, 0.25) is 10.0 Å². The number of hydrogen-bond acceptors (Lipinski definition) is 4. The van der Waals surface area contributed by atoms with Gasteiger partial charge in [0, 0.05) is 18.6 Å². The highest BCUT2D eigenvalue weighted by molar-refractivity contribution is 7.89. The zero-order valence-electron chi connectivity index (χ0n) is 12.0. The van der Waals surface area contributed by atoms with Crippen LogP contribution in [0.2, 0.25) is 0 Å². The Morgan fingerprint density at radius 3 is 2.90 bits per heavy atom. The lowest BCUT2D eigenvalue weighted by atomic mass is 10.1. The van der Waals surface area contributed by atoms with Crippen molar-refractivity contribution in [3.8, 4) is 0 Å². The first-order valence-electron chi connectivity index (χ1n) is 6.92. The van der Waals surface area contributed by atoms with Gasteiger partial charge in [-0.05, 0) is 31.0 Å². The molecule has 2 N–H and O–H groups in total. The van der Waals surface area contributed by atoms with Crippen LogP contribution < -0.4 is 5.73 Å². The van der Waals surface area contributed by atoms with E-state index in [-0.39, 0.29) is 12.1 Å². The molecule has 0 bridgehead atoms. The minimum absolute atomic E-state index is 0.132. The van der Waals surface area contributed by atoms with Crippen LogP contribution in [-0.4, -0.2) is 38.5 Å². The van der Waals surface area contributed by atoms with Crippen molar-refractivity contribution in [2.45, 2.75) is 37.2 Å². The first kappa shape index (κ1) is 15.4. The SMILES string of the molecule is CCC(N)c1cccc(S(=O)(=O)N2CCOCC2C)c1. The molecule has 1 fully saturated rings. The maximum absolute atomic E-state index is 12.7. The summed E-state index contributed by atoms with van der Waals surface area (Å²) in [6.45, 7) is 5.12. The highest BCUT2D eigenvalue weighted by atomic mass is 32.2. The second-order valence-electron chi connectivity index (χ2n) is 5.13. The third-order valence-corrected chi connectivity index (χ3v) is 5.65. The molecule has 0 spiro atoms. The van der Waals surface area contributed by atoms with Gasteiger partial charge >= 0.3 is 0 Å². The molecule has 20 heavy (non-hydrogen) atoms. The van der Waals surface area contributed by atoms with Crippen molar-refractivity contribution in [2.75, 3.05) is 19.8 Å². The number of ether oxygens (including phenoxy) is 1. The van der Waals surface area contributed by atoms with Crippen LogP contribution in [0, 0.1) is 0 Å². The summed E-state index contributed by atoms with van der Waals surface area (Å²) in [6.07, 6.45) is 0.775. The molecule has 0 radical (unpaired) electrons. The lowest BCUT2D eigenvalue weighted by molar-refractivity contribution is 0.0392. The van der Waals surface area contributed by atoms with Gasteiger partial charge in [-0.15, -0.1) is 0 Å². The van der Waals surface area contributed by atoms with Crippen LogP contribution in [0.15, 0.2) is 29.2 Å². The van der Waals surface area contributed by atoms with Crippen molar-refractivity contribution >= 4 is 10.0 Å². The fourth-order valence-electron chi connectivity index (χ4n) is 2.35. The van der Waals surface area contributed by atoms with Gasteiger partial charge in [0.05, 0.1) is 18.1 Å². The van der Waals surface area contributed by atoms with Crippen molar-refractivity contribution in [1.82, 2.24) is 4.31 Å². The van der Waals surface area contributed by atoms with Gasteiger partial charge in [0.1, 0.15) is 0 Å². The number of benzene rings is 1. The molecule has 6 heteroatoms. The van der Waals surface area contributed by atoms with E-state index in [9.17, 15) is 8.42 Å². The van der Waals surface area contributed by atoms with Gasteiger partial charge in [0.25, 0.3) is 0 Å². The van der Waals surface area contributed by atoms with E-state index >= 15 is 0 Å². The Balaban J connectivity index is 2.34. The Morgan fingerprint density at radius 2 is 2.25 bits per heavy atom. The molecule has 0 saturated carbocycles. The Kier molecular flexibility index (Phi) is 4.80. The van der Waals surface area contributed by atoms with Gasteiger partial charge in [-0.3, -0.25) is 0 Å². The Morgan fingerprint density at radius 1 is 1.50 bits per heavy atom. The number of nitrogens with two attached hydrogens (primary N) is 1. The van der Waals surface area contributed by atoms with E-state index in [4.69, 9.17) is 10.5 Å². The Labute approximate surface area is 120 Å². The smallest absolute Gasteiger partial charge is 0.243 e. The van der Waals surface area contributed by atoms with Gasteiger partial charge in [-0.1, -0.05) is 19.1 Å². The molecule has 1 saturated heterocycles. The molecule has 0 amide bonds. The van der Waals surface area contributed by atoms with E-state index in [0.717, 1.165) is 12.0 Å². The lowest BCUT2D eigenvalue weighted by Crippen LogP contribution is -2.46. The zero-order valence-corrected chi connectivity index (χ0v) is 12.8. The average molecular weight is 298 g/mol. The van der Waals surface area contributed by atoms with E-state index in [1.807, 2.05) is 19.9 Å². The molecular weight excluding hydrogens is 276 g/mol. The number of morpholine rings is 1. The standard InChI is InChI=1S/C14H22N2O3S/c1-3-14(15)12-5-4-6-13(9-12)20(17,18)16-7-8-19-10-11(16)2/h4-6,9,11,14H,3,7-8,10,15H2,1-2H3. The average Bonchev–Trinajstić information content (AvgIpc) is 2.47. The minimum Gasteiger partial charge on any atom is -0.378 e. The molecule has 112 valence electrons. The van der Waals surface area contributed by atoms with Crippen LogP contribution in [0.1, 0.15) is 31.9 Å². The zero-order chi connectivity index (χ0) is 14.8. The van der Waals surface area contributed by atoms with Crippen molar-refractivity contribution < 1.29 is 13.2 Å². The molecule has 1 aromatic rings. The van der Waals surface area contributed by atoms with Gasteiger partial charge in [-0.2, -0.15) is 4.31 Å². The van der Waals surface area contributed by atoms with Gasteiger partial charge in [0.15, 0.2) is 0 Å². The second kappa shape index (κ2) is 6.22.